The van der Waals surface area contributed by atoms with Crippen LogP contribution in [-0.2, 0) is 0 Å². The highest BCUT2D eigenvalue weighted by molar-refractivity contribution is 5.63. The highest BCUT2D eigenvalue weighted by atomic mass is 16.3. The summed E-state index contributed by atoms with van der Waals surface area (Å²) in [6.07, 6.45) is 8.88. The van der Waals surface area contributed by atoms with Gasteiger partial charge in [-0.25, -0.2) is 9.50 Å². The Kier molecular flexibility index (Phi) is 3.67. The number of anilines is 1. The minimum Gasteiger partial charge on any atom is -0.393 e. The van der Waals surface area contributed by atoms with Crippen molar-refractivity contribution >= 4 is 11.5 Å². The molecule has 6 heteroatoms. The first kappa shape index (κ1) is 14.1. The van der Waals surface area contributed by atoms with Gasteiger partial charge in [-0.15, -0.1) is 5.10 Å². The number of nitrogens with one attached hydrogen (secondary N) is 1. The lowest BCUT2D eigenvalue weighted by molar-refractivity contribution is 0.126. The SMILES string of the molecule is OC1CCC(Nc2ccc3ncc(-c4ccncc4)n3n2)CC1. The van der Waals surface area contributed by atoms with Gasteiger partial charge in [-0.1, -0.05) is 0 Å². The molecule has 6 nitrogen and oxygen atoms in total. The number of hydrogen-bond acceptors (Lipinski definition) is 5. The second kappa shape index (κ2) is 5.96. The normalized spacial score (nSPS) is 21.4. The maximum absolute atomic E-state index is 9.61. The molecule has 0 saturated heterocycles. The predicted molar refractivity (Wildman–Crippen MR) is 88.1 cm³/mol. The molecule has 0 aliphatic heterocycles. The van der Waals surface area contributed by atoms with E-state index in [1.807, 2.05) is 35.0 Å². The number of hydrogen-bond donors (Lipinski definition) is 2. The van der Waals surface area contributed by atoms with Gasteiger partial charge in [0.2, 0.25) is 0 Å². The first-order valence-corrected chi connectivity index (χ1v) is 7.99. The molecule has 3 aromatic rings. The maximum atomic E-state index is 9.61. The Morgan fingerprint density at radius 1 is 1.04 bits per heavy atom. The second-order valence-corrected chi connectivity index (χ2v) is 6.02. The summed E-state index contributed by atoms with van der Waals surface area (Å²) in [5.41, 5.74) is 2.81. The first-order valence-electron chi connectivity index (χ1n) is 7.99. The van der Waals surface area contributed by atoms with E-state index in [0.29, 0.717) is 6.04 Å². The molecule has 0 amide bonds. The smallest absolute Gasteiger partial charge is 0.154 e. The largest absolute Gasteiger partial charge is 0.393 e. The lowest BCUT2D eigenvalue weighted by Crippen LogP contribution is -2.28. The zero-order valence-electron chi connectivity index (χ0n) is 12.8. The molecule has 0 spiro atoms. The van der Waals surface area contributed by atoms with E-state index >= 15 is 0 Å². The summed E-state index contributed by atoms with van der Waals surface area (Å²) >= 11 is 0. The number of fused-ring (bicyclic) bond motifs is 1. The molecule has 118 valence electrons. The zero-order chi connectivity index (χ0) is 15.6. The van der Waals surface area contributed by atoms with Gasteiger partial charge in [-0.2, -0.15) is 0 Å². The molecule has 1 aliphatic carbocycles. The van der Waals surface area contributed by atoms with Crippen LogP contribution in [0.1, 0.15) is 25.7 Å². The molecule has 3 aromatic heterocycles. The summed E-state index contributed by atoms with van der Waals surface area (Å²) in [4.78, 5) is 8.47. The third-order valence-corrected chi connectivity index (χ3v) is 4.39. The number of aliphatic hydroxyl groups is 1. The molecular formula is C17H19N5O. The van der Waals surface area contributed by atoms with Crippen LogP contribution in [-0.4, -0.2) is 36.8 Å². The van der Waals surface area contributed by atoms with Crippen LogP contribution in [0.2, 0.25) is 0 Å². The van der Waals surface area contributed by atoms with Crippen LogP contribution < -0.4 is 5.32 Å². The van der Waals surface area contributed by atoms with Gasteiger partial charge >= 0.3 is 0 Å². The molecule has 23 heavy (non-hydrogen) atoms. The van der Waals surface area contributed by atoms with Crippen molar-refractivity contribution in [3.63, 3.8) is 0 Å². The van der Waals surface area contributed by atoms with Gasteiger partial charge in [0.1, 0.15) is 5.82 Å². The average Bonchev–Trinajstić information content (AvgIpc) is 3.01. The molecule has 1 saturated carbocycles. The Bertz CT molecular complexity index is 793. The summed E-state index contributed by atoms with van der Waals surface area (Å²) in [6, 6.07) is 8.21. The van der Waals surface area contributed by atoms with E-state index < -0.39 is 0 Å². The quantitative estimate of drug-likeness (QED) is 0.777. The van der Waals surface area contributed by atoms with Crippen LogP contribution in [0.15, 0.2) is 42.9 Å². The van der Waals surface area contributed by atoms with E-state index in [1.54, 1.807) is 12.4 Å². The van der Waals surface area contributed by atoms with Crippen molar-refractivity contribution in [2.75, 3.05) is 5.32 Å². The zero-order valence-corrected chi connectivity index (χ0v) is 12.8. The van der Waals surface area contributed by atoms with Gasteiger partial charge in [0.15, 0.2) is 5.65 Å². The van der Waals surface area contributed by atoms with E-state index in [4.69, 9.17) is 0 Å². The highest BCUT2D eigenvalue weighted by Crippen LogP contribution is 2.23. The molecule has 3 heterocycles. The van der Waals surface area contributed by atoms with Gasteiger partial charge in [0, 0.05) is 24.0 Å². The fourth-order valence-corrected chi connectivity index (χ4v) is 3.10. The number of rotatable bonds is 3. The molecule has 1 aliphatic rings. The molecule has 4 rings (SSSR count). The van der Waals surface area contributed by atoms with Gasteiger partial charge in [-0.05, 0) is 49.9 Å². The van der Waals surface area contributed by atoms with Gasteiger partial charge in [-0.3, -0.25) is 4.98 Å². The van der Waals surface area contributed by atoms with Crippen molar-refractivity contribution in [2.45, 2.75) is 37.8 Å². The average molecular weight is 309 g/mol. The minimum absolute atomic E-state index is 0.143. The van der Waals surface area contributed by atoms with Crippen LogP contribution in [0.4, 0.5) is 5.82 Å². The molecule has 0 aromatic carbocycles. The van der Waals surface area contributed by atoms with Crippen LogP contribution >= 0.6 is 0 Å². The summed E-state index contributed by atoms with van der Waals surface area (Å²) in [7, 11) is 0. The topological polar surface area (TPSA) is 75.3 Å². The van der Waals surface area contributed by atoms with E-state index in [0.717, 1.165) is 48.4 Å². The summed E-state index contributed by atoms with van der Waals surface area (Å²) in [5.74, 6) is 0.840. The summed E-state index contributed by atoms with van der Waals surface area (Å²) in [5, 5.41) is 17.8. The number of pyridine rings is 1. The summed E-state index contributed by atoms with van der Waals surface area (Å²) < 4.78 is 1.86. The molecular weight excluding hydrogens is 290 g/mol. The van der Waals surface area contributed by atoms with Crippen LogP contribution in [0.25, 0.3) is 16.9 Å². The molecule has 1 fully saturated rings. The lowest BCUT2D eigenvalue weighted by atomic mass is 9.93. The van der Waals surface area contributed by atoms with Gasteiger partial charge < -0.3 is 10.4 Å². The maximum Gasteiger partial charge on any atom is 0.154 e. The number of aliphatic hydroxyl groups excluding tert-OH is 1. The highest BCUT2D eigenvalue weighted by Gasteiger charge is 2.19. The van der Waals surface area contributed by atoms with Gasteiger partial charge in [0.25, 0.3) is 0 Å². The van der Waals surface area contributed by atoms with E-state index in [2.05, 4.69) is 20.4 Å². The molecule has 0 atom stereocenters. The third kappa shape index (κ3) is 2.90. The minimum atomic E-state index is -0.143. The molecule has 2 N–H and O–H groups in total. The molecule has 0 unspecified atom stereocenters. The monoisotopic (exact) mass is 309 g/mol. The first-order chi connectivity index (χ1) is 11.3. The van der Waals surface area contributed by atoms with Crippen molar-refractivity contribution in [3.05, 3.63) is 42.9 Å². The third-order valence-electron chi connectivity index (χ3n) is 4.39. The molecule has 0 radical (unpaired) electrons. The Morgan fingerprint density at radius 2 is 1.83 bits per heavy atom. The fourth-order valence-electron chi connectivity index (χ4n) is 3.10. The van der Waals surface area contributed by atoms with Gasteiger partial charge in [0.05, 0.1) is 18.0 Å². The standard InChI is InChI=1S/C17H19N5O/c23-14-3-1-13(2-4-14)20-16-5-6-17-19-11-15(22(17)21-16)12-7-9-18-10-8-12/h5-11,13-14,23H,1-4H2,(H,20,21). The number of imidazole rings is 1. The van der Waals surface area contributed by atoms with Crippen molar-refractivity contribution in [3.8, 4) is 11.3 Å². The Morgan fingerprint density at radius 3 is 2.61 bits per heavy atom. The van der Waals surface area contributed by atoms with E-state index in [-0.39, 0.29) is 6.10 Å². The number of aromatic nitrogens is 4. The van der Waals surface area contributed by atoms with Crippen LogP contribution in [0.5, 0.6) is 0 Å². The Hall–Kier alpha value is -2.47. The Labute approximate surface area is 134 Å². The Balaban J connectivity index is 1.62. The second-order valence-electron chi connectivity index (χ2n) is 6.02. The van der Waals surface area contributed by atoms with Crippen LogP contribution in [0, 0.1) is 0 Å². The van der Waals surface area contributed by atoms with Crippen molar-refractivity contribution < 1.29 is 5.11 Å². The van der Waals surface area contributed by atoms with Crippen molar-refractivity contribution in [1.82, 2.24) is 19.6 Å². The lowest BCUT2D eigenvalue weighted by Gasteiger charge is -2.26. The predicted octanol–water partition coefficient (Wildman–Crippen LogP) is 2.51. The van der Waals surface area contributed by atoms with E-state index in [1.165, 1.54) is 0 Å². The summed E-state index contributed by atoms with van der Waals surface area (Å²) in [6.45, 7) is 0. The van der Waals surface area contributed by atoms with Crippen LogP contribution in [0.3, 0.4) is 0 Å². The molecule has 0 bridgehead atoms. The fraction of sp³-hybridized carbons (Fsp3) is 0.353. The van der Waals surface area contributed by atoms with E-state index in [9.17, 15) is 5.11 Å². The van der Waals surface area contributed by atoms with Crippen molar-refractivity contribution in [2.24, 2.45) is 0 Å². The van der Waals surface area contributed by atoms with Crippen molar-refractivity contribution in [1.29, 1.82) is 0 Å². The number of nitrogens with zero attached hydrogens (tertiary/aromatic N) is 4.